The maximum atomic E-state index is 12.6. The Kier molecular flexibility index (Phi) is 5.90. The van der Waals surface area contributed by atoms with E-state index in [0.29, 0.717) is 12.5 Å². The lowest BCUT2D eigenvalue weighted by Crippen LogP contribution is -2.55. The third kappa shape index (κ3) is 4.32. The van der Waals surface area contributed by atoms with Crippen LogP contribution >= 0.6 is 0 Å². The van der Waals surface area contributed by atoms with Crippen molar-refractivity contribution in [3.63, 3.8) is 0 Å². The largest absolute Gasteiger partial charge is 0.444 e. The predicted molar refractivity (Wildman–Crippen MR) is 127 cm³/mol. The van der Waals surface area contributed by atoms with E-state index in [0.717, 1.165) is 30.0 Å². The zero-order valence-corrected chi connectivity index (χ0v) is 20.3. The van der Waals surface area contributed by atoms with E-state index in [2.05, 4.69) is 36.9 Å². The molecule has 32 heavy (non-hydrogen) atoms. The smallest absolute Gasteiger partial charge is 0.410 e. The summed E-state index contributed by atoms with van der Waals surface area (Å²) >= 11 is 0. The van der Waals surface area contributed by atoms with Crippen molar-refractivity contribution in [2.45, 2.75) is 78.1 Å². The molecule has 2 amide bonds. The molecule has 0 bridgehead atoms. The van der Waals surface area contributed by atoms with Crippen LogP contribution in [0.4, 0.5) is 16.2 Å². The van der Waals surface area contributed by atoms with Crippen LogP contribution in [0.1, 0.15) is 66.0 Å². The zero-order valence-electron chi connectivity index (χ0n) is 20.3. The van der Waals surface area contributed by atoms with Crippen LogP contribution in [0.5, 0.6) is 0 Å². The molecule has 0 aromatic heterocycles. The van der Waals surface area contributed by atoms with Gasteiger partial charge < -0.3 is 25.2 Å². The molecular formula is C25H38N4O3. The first-order valence-electron chi connectivity index (χ1n) is 11.9. The molecule has 0 spiro atoms. The summed E-state index contributed by atoms with van der Waals surface area (Å²) in [7, 11) is 0. The highest BCUT2D eigenvalue weighted by Crippen LogP contribution is 2.49. The number of anilines is 2. The second-order valence-corrected chi connectivity index (χ2v) is 10.8. The van der Waals surface area contributed by atoms with Gasteiger partial charge in [0.05, 0.1) is 0 Å². The summed E-state index contributed by atoms with van der Waals surface area (Å²) in [6.07, 6.45) is 2.10. The van der Waals surface area contributed by atoms with Crippen molar-refractivity contribution in [1.29, 1.82) is 0 Å². The molecule has 1 unspecified atom stereocenters. The minimum Gasteiger partial charge on any atom is -0.444 e. The summed E-state index contributed by atoms with van der Waals surface area (Å²) in [4.78, 5) is 31.3. The van der Waals surface area contributed by atoms with Gasteiger partial charge in [0.15, 0.2) is 0 Å². The Hall–Kier alpha value is -2.28. The molecule has 2 fully saturated rings. The zero-order chi connectivity index (χ0) is 23.4. The van der Waals surface area contributed by atoms with Crippen molar-refractivity contribution < 1.29 is 14.3 Å². The quantitative estimate of drug-likeness (QED) is 0.751. The van der Waals surface area contributed by atoms with Crippen LogP contribution in [0.2, 0.25) is 0 Å². The number of nitrogens with two attached hydrogens (primary N) is 1. The highest BCUT2D eigenvalue weighted by atomic mass is 16.6. The number of rotatable bonds is 2. The van der Waals surface area contributed by atoms with Gasteiger partial charge in [0.1, 0.15) is 5.60 Å². The van der Waals surface area contributed by atoms with Gasteiger partial charge in [0.25, 0.3) is 0 Å². The van der Waals surface area contributed by atoms with Crippen molar-refractivity contribution in [2.24, 2.45) is 17.6 Å². The molecule has 1 saturated heterocycles. The van der Waals surface area contributed by atoms with Gasteiger partial charge in [-0.05, 0) is 76.1 Å². The number of hydrogen-bond acceptors (Lipinski definition) is 5. The molecule has 1 aliphatic carbocycles. The lowest BCUT2D eigenvalue weighted by atomic mass is 9.80. The van der Waals surface area contributed by atoms with Crippen molar-refractivity contribution in [3.05, 3.63) is 23.8 Å². The average molecular weight is 443 g/mol. The van der Waals surface area contributed by atoms with Crippen molar-refractivity contribution >= 4 is 23.4 Å². The molecule has 4 atom stereocenters. The molecule has 1 aromatic carbocycles. The molecule has 2 aliphatic heterocycles. The SMILES string of the molecule is CC(=O)N1c2ccc(N3CCN(C(=O)OC(C)(C)C)[C@H](C)C3)cc2[C@H](N)C(C)[C@@H]1C1CC1. The van der Waals surface area contributed by atoms with Gasteiger partial charge in [-0.25, -0.2) is 4.79 Å². The van der Waals surface area contributed by atoms with Gasteiger partial charge in [-0.1, -0.05) is 6.92 Å². The highest BCUT2D eigenvalue weighted by molar-refractivity contribution is 5.94. The number of fused-ring (bicyclic) bond motifs is 1. The lowest BCUT2D eigenvalue weighted by molar-refractivity contribution is -0.117. The van der Waals surface area contributed by atoms with Crippen LogP contribution in [-0.2, 0) is 9.53 Å². The first-order valence-corrected chi connectivity index (χ1v) is 11.9. The van der Waals surface area contributed by atoms with Crippen LogP contribution in [0, 0.1) is 11.8 Å². The first-order chi connectivity index (χ1) is 15.0. The normalized spacial score (nSPS) is 28.4. The molecule has 4 rings (SSSR count). The van der Waals surface area contributed by atoms with Crippen LogP contribution < -0.4 is 15.5 Å². The van der Waals surface area contributed by atoms with E-state index in [1.165, 1.54) is 12.8 Å². The van der Waals surface area contributed by atoms with Gasteiger partial charge in [-0.15, -0.1) is 0 Å². The predicted octanol–water partition coefficient (Wildman–Crippen LogP) is 3.91. The van der Waals surface area contributed by atoms with E-state index in [9.17, 15) is 9.59 Å². The second-order valence-electron chi connectivity index (χ2n) is 10.8. The lowest BCUT2D eigenvalue weighted by Gasteiger charge is -2.45. The monoisotopic (exact) mass is 442 g/mol. The van der Waals surface area contributed by atoms with E-state index in [1.54, 1.807) is 6.92 Å². The van der Waals surface area contributed by atoms with Gasteiger partial charge in [-0.3, -0.25) is 4.79 Å². The van der Waals surface area contributed by atoms with Crippen molar-refractivity contribution in [2.75, 3.05) is 29.4 Å². The fourth-order valence-corrected chi connectivity index (χ4v) is 5.36. The maximum absolute atomic E-state index is 12.6. The Labute approximate surface area is 191 Å². The fourth-order valence-electron chi connectivity index (χ4n) is 5.36. The number of carbonyl (C=O) groups excluding carboxylic acids is 2. The number of carbonyl (C=O) groups is 2. The Morgan fingerprint density at radius 3 is 2.38 bits per heavy atom. The summed E-state index contributed by atoms with van der Waals surface area (Å²) in [6, 6.07) is 6.46. The number of hydrogen-bond donors (Lipinski definition) is 1. The Bertz CT molecular complexity index is 892. The van der Waals surface area contributed by atoms with Crippen LogP contribution in [-0.4, -0.2) is 54.2 Å². The molecule has 0 radical (unpaired) electrons. The van der Waals surface area contributed by atoms with E-state index in [-0.39, 0.29) is 36.0 Å². The topological polar surface area (TPSA) is 79.1 Å². The Morgan fingerprint density at radius 1 is 1.12 bits per heavy atom. The summed E-state index contributed by atoms with van der Waals surface area (Å²) in [5, 5.41) is 0. The molecule has 2 heterocycles. The number of piperazine rings is 1. The standard InChI is InChI=1S/C25H38N4O3/c1-15-14-27(11-12-28(15)24(31)32-25(4,5)6)19-9-10-21-20(13-19)22(26)16(2)23(18-7-8-18)29(21)17(3)30/h9-10,13,15-16,18,22-23H,7-8,11-12,14,26H2,1-6H3/t15-,16?,22-,23-/m1/s1. The maximum Gasteiger partial charge on any atom is 0.410 e. The van der Waals surface area contributed by atoms with Crippen LogP contribution in [0.25, 0.3) is 0 Å². The third-order valence-corrected chi connectivity index (χ3v) is 7.10. The summed E-state index contributed by atoms with van der Waals surface area (Å²) in [5.41, 5.74) is 9.33. The van der Waals surface area contributed by atoms with E-state index in [4.69, 9.17) is 10.5 Å². The Balaban J connectivity index is 1.55. The third-order valence-electron chi connectivity index (χ3n) is 7.10. The number of nitrogens with zero attached hydrogens (tertiary/aromatic N) is 3. The van der Waals surface area contributed by atoms with E-state index < -0.39 is 5.60 Å². The summed E-state index contributed by atoms with van der Waals surface area (Å²) in [6.45, 7) is 13.6. The summed E-state index contributed by atoms with van der Waals surface area (Å²) < 4.78 is 5.57. The first kappa shape index (κ1) is 22.9. The van der Waals surface area contributed by atoms with Crippen molar-refractivity contribution in [3.8, 4) is 0 Å². The fraction of sp³-hybridized carbons (Fsp3) is 0.680. The highest BCUT2D eigenvalue weighted by Gasteiger charge is 2.46. The second kappa shape index (κ2) is 8.25. The average Bonchev–Trinajstić information content (AvgIpc) is 3.53. The van der Waals surface area contributed by atoms with Gasteiger partial charge in [0.2, 0.25) is 5.91 Å². The molecule has 1 aromatic rings. The number of benzene rings is 1. The molecule has 176 valence electrons. The van der Waals surface area contributed by atoms with Gasteiger partial charge >= 0.3 is 6.09 Å². The molecular weight excluding hydrogens is 404 g/mol. The molecule has 7 heteroatoms. The van der Waals surface area contributed by atoms with E-state index >= 15 is 0 Å². The van der Waals surface area contributed by atoms with Crippen LogP contribution in [0.15, 0.2) is 18.2 Å². The molecule has 7 nitrogen and oxygen atoms in total. The van der Waals surface area contributed by atoms with Crippen LogP contribution in [0.3, 0.4) is 0 Å². The van der Waals surface area contributed by atoms with Gasteiger partial charge in [-0.2, -0.15) is 0 Å². The van der Waals surface area contributed by atoms with Gasteiger partial charge in [0, 0.05) is 56.1 Å². The van der Waals surface area contributed by atoms with E-state index in [1.807, 2.05) is 30.6 Å². The minimum absolute atomic E-state index is 0.0372. The molecule has 2 N–H and O–H groups in total. The number of ether oxygens (including phenoxy) is 1. The molecule has 1 saturated carbocycles. The molecule has 3 aliphatic rings. The number of amides is 2. The minimum atomic E-state index is -0.500. The Morgan fingerprint density at radius 2 is 1.81 bits per heavy atom. The van der Waals surface area contributed by atoms with Crippen molar-refractivity contribution in [1.82, 2.24) is 4.90 Å². The summed E-state index contributed by atoms with van der Waals surface area (Å²) in [5.74, 6) is 0.876.